The minimum absolute atomic E-state index is 0.0287. The number of aromatic nitrogens is 1. The molecule has 0 saturated carbocycles. The van der Waals surface area contributed by atoms with Gasteiger partial charge in [-0.05, 0) is 19.4 Å². The summed E-state index contributed by atoms with van der Waals surface area (Å²) in [6.07, 6.45) is 0.214. The number of hydrogen-bond acceptors (Lipinski definition) is 3. The molecule has 1 heterocycles. The first-order valence-electron chi connectivity index (χ1n) is 7.58. The maximum Gasteiger partial charge on any atom is 0.228 e. The average molecular weight is 300 g/mol. The summed E-state index contributed by atoms with van der Waals surface area (Å²) in [5.41, 5.74) is 1.71. The van der Waals surface area contributed by atoms with Gasteiger partial charge in [0, 0.05) is 5.41 Å². The van der Waals surface area contributed by atoms with Gasteiger partial charge in [0.25, 0.3) is 0 Å². The van der Waals surface area contributed by atoms with Gasteiger partial charge >= 0.3 is 0 Å². The molecule has 4 nitrogen and oxygen atoms in total. The van der Waals surface area contributed by atoms with E-state index in [0.717, 1.165) is 11.3 Å². The van der Waals surface area contributed by atoms with E-state index in [0.29, 0.717) is 11.7 Å². The minimum atomic E-state index is -0.156. The van der Waals surface area contributed by atoms with Gasteiger partial charge in [0.05, 0.1) is 18.2 Å². The van der Waals surface area contributed by atoms with Crippen LogP contribution in [0.5, 0.6) is 0 Å². The van der Waals surface area contributed by atoms with Crippen LogP contribution in [0.2, 0.25) is 0 Å². The highest BCUT2D eigenvalue weighted by Gasteiger charge is 2.23. The van der Waals surface area contributed by atoms with Crippen molar-refractivity contribution in [3.8, 4) is 0 Å². The molecule has 0 spiro atoms. The Balaban J connectivity index is 2.02. The van der Waals surface area contributed by atoms with E-state index in [2.05, 4.69) is 10.3 Å². The van der Waals surface area contributed by atoms with Crippen LogP contribution < -0.4 is 5.32 Å². The number of benzene rings is 1. The fourth-order valence-corrected chi connectivity index (χ4v) is 2.18. The summed E-state index contributed by atoms with van der Waals surface area (Å²) in [6.45, 7) is 9.97. The molecule has 0 radical (unpaired) electrons. The number of carbonyl (C=O) groups is 1. The molecule has 0 aliphatic heterocycles. The topological polar surface area (TPSA) is 55.1 Å². The van der Waals surface area contributed by atoms with E-state index in [1.165, 1.54) is 0 Å². The molecular weight excluding hydrogens is 276 g/mol. The van der Waals surface area contributed by atoms with Gasteiger partial charge in [-0.3, -0.25) is 4.79 Å². The number of nitrogens with one attached hydrogen (secondary N) is 1. The number of hydrogen-bond donors (Lipinski definition) is 1. The maximum atomic E-state index is 12.2. The quantitative estimate of drug-likeness (QED) is 0.936. The molecule has 1 atom stereocenters. The predicted octanol–water partition coefficient (Wildman–Crippen LogP) is 3.70. The summed E-state index contributed by atoms with van der Waals surface area (Å²) in [6, 6.07) is 9.87. The second-order valence-electron chi connectivity index (χ2n) is 6.65. The molecule has 22 heavy (non-hydrogen) atoms. The summed E-state index contributed by atoms with van der Waals surface area (Å²) in [7, 11) is 0. The van der Waals surface area contributed by atoms with Gasteiger partial charge in [-0.15, -0.1) is 0 Å². The molecule has 118 valence electrons. The largest absolute Gasteiger partial charge is 0.444 e. The third kappa shape index (κ3) is 3.97. The van der Waals surface area contributed by atoms with E-state index in [4.69, 9.17) is 4.42 Å². The maximum absolute atomic E-state index is 12.2. The molecule has 0 bridgehead atoms. The molecule has 0 aliphatic rings. The van der Waals surface area contributed by atoms with Crippen LogP contribution in [0.4, 0.5) is 0 Å². The fourth-order valence-electron chi connectivity index (χ4n) is 2.18. The van der Waals surface area contributed by atoms with Gasteiger partial charge in [0.15, 0.2) is 5.89 Å². The highest BCUT2D eigenvalue weighted by Crippen LogP contribution is 2.24. The van der Waals surface area contributed by atoms with Crippen molar-refractivity contribution in [2.24, 2.45) is 0 Å². The van der Waals surface area contributed by atoms with Crippen molar-refractivity contribution in [1.82, 2.24) is 10.3 Å². The second-order valence-corrected chi connectivity index (χ2v) is 6.65. The Morgan fingerprint density at radius 3 is 2.45 bits per heavy atom. The minimum Gasteiger partial charge on any atom is -0.444 e. The Kier molecular flexibility index (Phi) is 4.69. The standard InChI is InChI=1S/C18H24N2O2/c1-12(14-9-7-6-8-10-14)19-16(21)11-15-13(2)20-17(22-15)18(3,4)5/h6-10,12H,11H2,1-5H3,(H,19,21). The summed E-state index contributed by atoms with van der Waals surface area (Å²) in [4.78, 5) is 16.6. The Bertz CT molecular complexity index is 639. The molecule has 0 saturated heterocycles. The third-order valence-electron chi connectivity index (χ3n) is 3.53. The van der Waals surface area contributed by atoms with Crippen molar-refractivity contribution >= 4 is 5.91 Å². The zero-order valence-electron chi connectivity index (χ0n) is 13.9. The van der Waals surface area contributed by atoms with Crippen molar-refractivity contribution in [2.75, 3.05) is 0 Å². The van der Waals surface area contributed by atoms with Crippen LogP contribution in [0.1, 0.15) is 56.6 Å². The molecule has 1 N–H and O–H groups in total. The molecule has 1 amide bonds. The van der Waals surface area contributed by atoms with Gasteiger partial charge < -0.3 is 9.73 Å². The Hall–Kier alpha value is -2.10. The van der Waals surface area contributed by atoms with Crippen LogP contribution >= 0.6 is 0 Å². The lowest BCUT2D eigenvalue weighted by Crippen LogP contribution is -2.28. The first kappa shape index (κ1) is 16.3. The number of nitrogens with zero attached hydrogens (tertiary/aromatic N) is 1. The van der Waals surface area contributed by atoms with Crippen molar-refractivity contribution < 1.29 is 9.21 Å². The Labute approximate surface area is 131 Å². The lowest BCUT2D eigenvalue weighted by molar-refractivity contribution is -0.121. The first-order valence-corrected chi connectivity index (χ1v) is 7.58. The van der Waals surface area contributed by atoms with Crippen LogP contribution in [0.15, 0.2) is 34.7 Å². The van der Waals surface area contributed by atoms with Crippen LogP contribution in [0, 0.1) is 6.92 Å². The molecule has 1 aromatic carbocycles. The zero-order chi connectivity index (χ0) is 16.3. The molecule has 2 rings (SSSR count). The number of oxazole rings is 1. The Morgan fingerprint density at radius 1 is 1.27 bits per heavy atom. The smallest absolute Gasteiger partial charge is 0.228 e. The monoisotopic (exact) mass is 300 g/mol. The normalized spacial score (nSPS) is 13.0. The SMILES string of the molecule is Cc1nc(C(C)(C)C)oc1CC(=O)NC(C)c1ccccc1. The van der Waals surface area contributed by atoms with Gasteiger partial charge in [0.2, 0.25) is 5.91 Å². The highest BCUT2D eigenvalue weighted by atomic mass is 16.4. The van der Waals surface area contributed by atoms with Gasteiger partial charge in [0.1, 0.15) is 5.76 Å². The predicted molar refractivity (Wildman–Crippen MR) is 86.6 cm³/mol. The molecule has 1 aromatic heterocycles. The van der Waals surface area contributed by atoms with Crippen molar-refractivity contribution in [3.05, 3.63) is 53.2 Å². The molecular formula is C18H24N2O2. The first-order chi connectivity index (χ1) is 10.3. The number of carbonyl (C=O) groups excluding carboxylic acids is 1. The molecule has 1 unspecified atom stereocenters. The van der Waals surface area contributed by atoms with E-state index in [9.17, 15) is 4.79 Å². The van der Waals surface area contributed by atoms with Crippen molar-refractivity contribution in [1.29, 1.82) is 0 Å². The van der Waals surface area contributed by atoms with Gasteiger partial charge in [-0.1, -0.05) is 51.1 Å². The van der Waals surface area contributed by atoms with Gasteiger partial charge in [-0.25, -0.2) is 4.98 Å². The molecule has 2 aromatic rings. The van der Waals surface area contributed by atoms with E-state index in [-0.39, 0.29) is 23.8 Å². The van der Waals surface area contributed by atoms with Crippen LogP contribution in [0.3, 0.4) is 0 Å². The molecule has 4 heteroatoms. The summed E-state index contributed by atoms with van der Waals surface area (Å²) in [5.74, 6) is 1.25. The second kappa shape index (κ2) is 6.34. The van der Waals surface area contributed by atoms with Crippen molar-refractivity contribution in [2.45, 2.75) is 52.5 Å². The summed E-state index contributed by atoms with van der Waals surface area (Å²) in [5, 5.41) is 2.99. The van der Waals surface area contributed by atoms with Crippen LogP contribution in [-0.4, -0.2) is 10.9 Å². The van der Waals surface area contributed by atoms with Gasteiger partial charge in [-0.2, -0.15) is 0 Å². The summed E-state index contributed by atoms with van der Waals surface area (Å²) >= 11 is 0. The van der Waals surface area contributed by atoms with Crippen LogP contribution in [-0.2, 0) is 16.6 Å². The third-order valence-corrected chi connectivity index (χ3v) is 3.53. The van der Waals surface area contributed by atoms with E-state index in [1.54, 1.807) is 0 Å². The zero-order valence-corrected chi connectivity index (χ0v) is 13.9. The fraction of sp³-hybridized carbons (Fsp3) is 0.444. The highest BCUT2D eigenvalue weighted by molar-refractivity contribution is 5.78. The summed E-state index contributed by atoms with van der Waals surface area (Å²) < 4.78 is 5.76. The lowest BCUT2D eigenvalue weighted by atomic mass is 9.97. The van der Waals surface area contributed by atoms with Crippen molar-refractivity contribution in [3.63, 3.8) is 0 Å². The lowest BCUT2D eigenvalue weighted by Gasteiger charge is -2.14. The van der Waals surface area contributed by atoms with E-state index >= 15 is 0 Å². The number of rotatable bonds is 4. The molecule has 0 fully saturated rings. The van der Waals surface area contributed by atoms with E-state index < -0.39 is 0 Å². The number of amides is 1. The van der Waals surface area contributed by atoms with Crippen LogP contribution in [0.25, 0.3) is 0 Å². The Morgan fingerprint density at radius 2 is 1.91 bits per heavy atom. The van der Waals surface area contributed by atoms with E-state index in [1.807, 2.05) is 65.0 Å². The average Bonchev–Trinajstić information content (AvgIpc) is 2.81. The number of aryl methyl sites for hydroxylation is 1. The molecule has 0 aliphatic carbocycles.